The van der Waals surface area contributed by atoms with Crippen molar-refractivity contribution in [3.8, 4) is 11.1 Å². The number of rotatable bonds is 4. The minimum absolute atomic E-state index is 0.0981. The van der Waals surface area contributed by atoms with Crippen LogP contribution in [0.1, 0.15) is 20.7 Å². The topological polar surface area (TPSA) is 97.5 Å². The van der Waals surface area contributed by atoms with Gasteiger partial charge in [0.05, 0.1) is 16.1 Å². The maximum absolute atomic E-state index is 11.0. The number of aromatic carboxylic acids is 1. The summed E-state index contributed by atoms with van der Waals surface area (Å²) in [5, 5.41) is 19.8. The quantitative estimate of drug-likeness (QED) is 0.523. The molecule has 2 rings (SSSR count). The van der Waals surface area contributed by atoms with Crippen LogP contribution in [0.4, 0.5) is 5.69 Å². The Labute approximate surface area is 113 Å². The minimum Gasteiger partial charge on any atom is -0.478 e. The molecule has 6 heteroatoms. The molecular formula is C14H9NO5. The number of nitro benzene ring substituents is 1. The normalized spacial score (nSPS) is 10.0. The lowest BCUT2D eigenvalue weighted by atomic mass is 10.0. The van der Waals surface area contributed by atoms with Crippen LogP contribution in [0.2, 0.25) is 0 Å². The van der Waals surface area contributed by atoms with Crippen LogP contribution in [0, 0.1) is 10.1 Å². The third kappa shape index (κ3) is 2.54. The Bertz CT molecular complexity index is 691. The fraction of sp³-hybridized carbons (Fsp3) is 0. The molecule has 0 amide bonds. The third-order valence-electron chi connectivity index (χ3n) is 2.80. The first-order chi connectivity index (χ1) is 9.52. The number of carboxylic acid groups (broad SMARTS) is 1. The summed E-state index contributed by atoms with van der Waals surface area (Å²) in [5.41, 5.74) is 0.956. The number of hydrogen-bond donors (Lipinski definition) is 1. The maximum atomic E-state index is 11.0. The van der Waals surface area contributed by atoms with E-state index in [1.165, 1.54) is 42.5 Å². The zero-order valence-electron chi connectivity index (χ0n) is 10.1. The van der Waals surface area contributed by atoms with Crippen LogP contribution in [0.15, 0.2) is 42.5 Å². The van der Waals surface area contributed by atoms with E-state index in [4.69, 9.17) is 5.11 Å². The zero-order valence-corrected chi connectivity index (χ0v) is 10.1. The predicted molar refractivity (Wildman–Crippen MR) is 70.9 cm³/mol. The van der Waals surface area contributed by atoms with Crippen molar-refractivity contribution in [3.05, 3.63) is 63.7 Å². The Morgan fingerprint density at radius 2 is 1.80 bits per heavy atom. The molecule has 100 valence electrons. The van der Waals surface area contributed by atoms with Gasteiger partial charge in [0.15, 0.2) is 0 Å². The average Bonchev–Trinajstić information content (AvgIpc) is 2.46. The maximum Gasteiger partial charge on any atom is 0.335 e. The van der Waals surface area contributed by atoms with Gasteiger partial charge < -0.3 is 5.11 Å². The van der Waals surface area contributed by atoms with Crippen LogP contribution >= 0.6 is 0 Å². The van der Waals surface area contributed by atoms with Crippen molar-refractivity contribution in [2.24, 2.45) is 0 Å². The van der Waals surface area contributed by atoms with Crippen molar-refractivity contribution in [2.45, 2.75) is 0 Å². The van der Waals surface area contributed by atoms with E-state index in [0.29, 0.717) is 17.4 Å². The van der Waals surface area contributed by atoms with Gasteiger partial charge in [-0.25, -0.2) is 4.79 Å². The lowest BCUT2D eigenvalue weighted by Crippen LogP contribution is -1.97. The Kier molecular flexibility index (Phi) is 3.56. The molecule has 0 aromatic heterocycles. The molecule has 0 aliphatic rings. The number of carbonyl (C=O) groups is 2. The summed E-state index contributed by atoms with van der Waals surface area (Å²) in [4.78, 5) is 31.9. The number of carbonyl (C=O) groups excluding carboxylic acids is 1. The van der Waals surface area contributed by atoms with E-state index >= 15 is 0 Å². The fourth-order valence-corrected chi connectivity index (χ4v) is 1.81. The van der Waals surface area contributed by atoms with Gasteiger partial charge in [-0.3, -0.25) is 14.9 Å². The molecule has 2 aromatic carbocycles. The van der Waals surface area contributed by atoms with Gasteiger partial charge in [0, 0.05) is 11.6 Å². The third-order valence-corrected chi connectivity index (χ3v) is 2.80. The molecule has 0 bridgehead atoms. The molecule has 0 saturated heterocycles. The summed E-state index contributed by atoms with van der Waals surface area (Å²) < 4.78 is 0. The van der Waals surface area contributed by atoms with E-state index < -0.39 is 10.9 Å². The predicted octanol–water partition coefficient (Wildman–Crippen LogP) is 2.77. The van der Waals surface area contributed by atoms with Gasteiger partial charge in [-0.2, -0.15) is 0 Å². The molecule has 0 spiro atoms. The Morgan fingerprint density at radius 3 is 2.30 bits per heavy atom. The molecule has 0 atom stereocenters. The van der Waals surface area contributed by atoms with E-state index in [1.54, 1.807) is 0 Å². The monoisotopic (exact) mass is 271 g/mol. The Hall–Kier alpha value is -3.02. The van der Waals surface area contributed by atoms with Crippen LogP contribution in [0.3, 0.4) is 0 Å². The van der Waals surface area contributed by atoms with Gasteiger partial charge in [-0.15, -0.1) is 0 Å². The number of benzene rings is 2. The Morgan fingerprint density at radius 1 is 1.15 bits per heavy atom. The molecule has 0 unspecified atom stereocenters. The van der Waals surface area contributed by atoms with Crippen LogP contribution < -0.4 is 0 Å². The molecule has 0 aliphatic carbocycles. The van der Waals surface area contributed by atoms with Crippen molar-refractivity contribution in [2.75, 3.05) is 0 Å². The molecule has 0 aliphatic heterocycles. The van der Waals surface area contributed by atoms with Gasteiger partial charge >= 0.3 is 5.97 Å². The largest absolute Gasteiger partial charge is 0.478 e. The second kappa shape index (κ2) is 5.31. The summed E-state index contributed by atoms with van der Waals surface area (Å²) in [6, 6.07) is 9.86. The molecule has 6 nitrogen and oxygen atoms in total. The number of carboxylic acids is 1. The van der Waals surface area contributed by atoms with Gasteiger partial charge in [0.25, 0.3) is 5.69 Å². The summed E-state index contributed by atoms with van der Waals surface area (Å²) in [6.07, 6.45) is 0.532. The highest BCUT2D eigenvalue weighted by molar-refractivity contribution is 5.89. The summed E-state index contributed by atoms with van der Waals surface area (Å²) in [6.45, 7) is 0. The lowest BCUT2D eigenvalue weighted by molar-refractivity contribution is -0.384. The molecule has 0 saturated carbocycles. The smallest absolute Gasteiger partial charge is 0.335 e. The second-order valence-electron chi connectivity index (χ2n) is 4.03. The highest BCUT2D eigenvalue weighted by atomic mass is 16.6. The van der Waals surface area contributed by atoms with Crippen molar-refractivity contribution >= 4 is 17.9 Å². The molecule has 1 N–H and O–H groups in total. The van der Waals surface area contributed by atoms with Gasteiger partial charge in [-0.1, -0.05) is 18.2 Å². The SMILES string of the molecule is O=Cc1ccc(-c2ccc(C(=O)O)cc2)c([N+](=O)[O-])c1. The van der Waals surface area contributed by atoms with Crippen molar-refractivity contribution in [1.82, 2.24) is 0 Å². The highest BCUT2D eigenvalue weighted by Gasteiger charge is 2.16. The summed E-state index contributed by atoms with van der Waals surface area (Å²) in [5.74, 6) is -1.07. The molecule has 0 fully saturated rings. The highest BCUT2D eigenvalue weighted by Crippen LogP contribution is 2.30. The van der Waals surface area contributed by atoms with E-state index in [-0.39, 0.29) is 16.8 Å². The minimum atomic E-state index is -1.07. The Balaban J connectivity index is 2.54. The second-order valence-corrected chi connectivity index (χ2v) is 4.03. The first-order valence-corrected chi connectivity index (χ1v) is 5.60. The first-order valence-electron chi connectivity index (χ1n) is 5.60. The fourth-order valence-electron chi connectivity index (χ4n) is 1.81. The molecule has 20 heavy (non-hydrogen) atoms. The van der Waals surface area contributed by atoms with Gasteiger partial charge in [0.1, 0.15) is 6.29 Å². The van der Waals surface area contributed by atoms with Crippen LogP contribution in [-0.2, 0) is 0 Å². The van der Waals surface area contributed by atoms with Crippen LogP contribution in [-0.4, -0.2) is 22.3 Å². The van der Waals surface area contributed by atoms with E-state index in [0.717, 1.165) is 0 Å². The zero-order chi connectivity index (χ0) is 14.7. The van der Waals surface area contributed by atoms with Gasteiger partial charge in [-0.05, 0) is 23.8 Å². The lowest BCUT2D eigenvalue weighted by Gasteiger charge is -2.04. The van der Waals surface area contributed by atoms with E-state index in [2.05, 4.69) is 0 Å². The van der Waals surface area contributed by atoms with Crippen LogP contribution in [0.5, 0.6) is 0 Å². The molecule has 2 aromatic rings. The van der Waals surface area contributed by atoms with E-state index in [9.17, 15) is 19.7 Å². The first kappa shape index (κ1) is 13.4. The number of hydrogen-bond acceptors (Lipinski definition) is 4. The summed E-state index contributed by atoms with van der Waals surface area (Å²) in [7, 11) is 0. The van der Waals surface area contributed by atoms with Crippen molar-refractivity contribution < 1.29 is 19.6 Å². The number of aldehydes is 1. The molecular weight excluding hydrogens is 262 g/mol. The molecule has 0 radical (unpaired) electrons. The molecule has 0 heterocycles. The average molecular weight is 271 g/mol. The number of nitrogens with zero attached hydrogens (tertiary/aromatic N) is 1. The summed E-state index contributed by atoms with van der Waals surface area (Å²) >= 11 is 0. The van der Waals surface area contributed by atoms with Crippen molar-refractivity contribution in [3.63, 3.8) is 0 Å². The van der Waals surface area contributed by atoms with Gasteiger partial charge in [0.2, 0.25) is 0 Å². The van der Waals surface area contributed by atoms with Crippen LogP contribution in [0.25, 0.3) is 11.1 Å². The van der Waals surface area contributed by atoms with E-state index in [1.807, 2.05) is 0 Å². The number of nitro groups is 1. The standard InChI is InChI=1S/C14H9NO5/c16-8-9-1-6-12(13(7-9)15(19)20)10-2-4-11(5-3-10)14(17)18/h1-8H,(H,17,18). The van der Waals surface area contributed by atoms with Crippen molar-refractivity contribution in [1.29, 1.82) is 0 Å².